The van der Waals surface area contributed by atoms with Gasteiger partial charge in [0.15, 0.2) is 0 Å². The van der Waals surface area contributed by atoms with Crippen LogP contribution in [0.2, 0.25) is 0 Å². The second-order valence-electron chi connectivity index (χ2n) is 4.83. The van der Waals surface area contributed by atoms with Crippen LogP contribution in [-0.4, -0.2) is 13.6 Å². The van der Waals surface area contributed by atoms with Crippen LogP contribution in [0.1, 0.15) is 18.9 Å². The van der Waals surface area contributed by atoms with Crippen LogP contribution < -0.4 is 4.90 Å². The van der Waals surface area contributed by atoms with Crippen molar-refractivity contribution in [1.82, 2.24) is 0 Å². The molecule has 0 heterocycles. The lowest BCUT2D eigenvalue weighted by molar-refractivity contribution is 0.852. The summed E-state index contributed by atoms with van der Waals surface area (Å²) >= 11 is 0. The summed E-state index contributed by atoms with van der Waals surface area (Å²) in [5, 5.41) is 0. The second kappa shape index (κ2) is 5.72. The maximum Gasteiger partial charge on any atom is 0.0364 e. The van der Waals surface area contributed by atoms with Crippen LogP contribution in [0.4, 0.5) is 5.69 Å². The van der Waals surface area contributed by atoms with E-state index in [1.807, 2.05) is 0 Å². The molecule has 0 aliphatic heterocycles. The van der Waals surface area contributed by atoms with Gasteiger partial charge in [0.1, 0.15) is 0 Å². The highest BCUT2D eigenvalue weighted by Gasteiger charge is 2.01. The van der Waals surface area contributed by atoms with Gasteiger partial charge in [0.05, 0.1) is 0 Å². The van der Waals surface area contributed by atoms with E-state index in [0.717, 1.165) is 6.54 Å². The second-order valence-corrected chi connectivity index (χ2v) is 4.83. The van der Waals surface area contributed by atoms with Crippen molar-refractivity contribution in [2.75, 3.05) is 18.5 Å². The van der Waals surface area contributed by atoms with Gasteiger partial charge in [0.2, 0.25) is 0 Å². The fourth-order valence-electron chi connectivity index (χ4n) is 2.12. The van der Waals surface area contributed by atoms with Crippen LogP contribution in [0.3, 0.4) is 0 Å². The van der Waals surface area contributed by atoms with E-state index in [2.05, 4.69) is 74.3 Å². The van der Waals surface area contributed by atoms with Crippen LogP contribution in [0.15, 0.2) is 48.5 Å². The molecule has 1 heteroatoms. The third kappa shape index (κ3) is 2.92. The molecule has 94 valence electrons. The van der Waals surface area contributed by atoms with Gasteiger partial charge in [-0.25, -0.2) is 0 Å². The summed E-state index contributed by atoms with van der Waals surface area (Å²) in [5.41, 5.74) is 5.15. The van der Waals surface area contributed by atoms with Gasteiger partial charge in [0, 0.05) is 19.3 Å². The molecular weight excluding hydrogens is 218 g/mol. The van der Waals surface area contributed by atoms with E-state index in [9.17, 15) is 0 Å². The van der Waals surface area contributed by atoms with Gasteiger partial charge in [0.25, 0.3) is 0 Å². The van der Waals surface area contributed by atoms with Gasteiger partial charge >= 0.3 is 0 Å². The lowest BCUT2D eigenvalue weighted by atomic mass is 10.0. The summed E-state index contributed by atoms with van der Waals surface area (Å²) < 4.78 is 0. The molecule has 0 aliphatic carbocycles. The fourth-order valence-corrected chi connectivity index (χ4v) is 2.12. The standard InChI is InChI=1S/C17H21N/c1-4-13-18(3)17-11-9-16(10-12-17)15-7-5-14(2)6-8-15/h5-12H,4,13H2,1-3H3. The van der Waals surface area contributed by atoms with Crippen LogP contribution in [0, 0.1) is 6.92 Å². The van der Waals surface area contributed by atoms with E-state index in [0.29, 0.717) is 0 Å². The minimum atomic E-state index is 1.10. The monoisotopic (exact) mass is 239 g/mol. The zero-order valence-electron chi connectivity index (χ0n) is 11.5. The third-order valence-electron chi connectivity index (χ3n) is 3.25. The molecule has 0 aliphatic rings. The van der Waals surface area contributed by atoms with E-state index < -0.39 is 0 Å². The Bertz CT molecular complexity index is 482. The number of hydrogen-bond donors (Lipinski definition) is 0. The molecule has 0 radical (unpaired) electrons. The Morgan fingerprint density at radius 2 is 1.33 bits per heavy atom. The van der Waals surface area contributed by atoms with Crippen molar-refractivity contribution in [3.63, 3.8) is 0 Å². The van der Waals surface area contributed by atoms with Crippen molar-refractivity contribution >= 4 is 5.69 Å². The summed E-state index contributed by atoms with van der Waals surface area (Å²) in [4.78, 5) is 2.29. The first-order chi connectivity index (χ1) is 8.70. The highest BCUT2D eigenvalue weighted by atomic mass is 15.1. The number of aryl methyl sites for hydroxylation is 1. The van der Waals surface area contributed by atoms with Crippen molar-refractivity contribution in [1.29, 1.82) is 0 Å². The molecule has 2 aromatic rings. The van der Waals surface area contributed by atoms with Crippen molar-refractivity contribution in [3.05, 3.63) is 54.1 Å². The Kier molecular flexibility index (Phi) is 4.03. The summed E-state index contributed by atoms with van der Waals surface area (Å²) in [7, 11) is 2.14. The van der Waals surface area contributed by atoms with E-state index in [1.54, 1.807) is 0 Å². The molecule has 0 saturated carbocycles. The number of benzene rings is 2. The molecule has 0 unspecified atom stereocenters. The van der Waals surface area contributed by atoms with Crippen LogP contribution in [-0.2, 0) is 0 Å². The van der Waals surface area contributed by atoms with Gasteiger partial charge in [-0.15, -0.1) is 0 Å². The average Bonchev–Trinajstić information content (AvgIpc) is 2.40. The Morgan fingerprint density at radius 1 is 0.833 bits per heavy atom. The summed E-state index contributed by atoms with van der Waals surface area (Å²) in [6.45, 7) is 5.42. The van der Waals surface area contributed by atoms with E-state index in [4.69, 9.17) is 0 Å². The third-order valence-corrected chi connectivity index (χ3v) is 3.25. The molecule has 0 bridgehead atoms. The van der Waals surface area contributed by atoms with Gasteiger partial charge in [-0.2, -0.15) is 0 Å². The average molecular weight is 239 g/mol. The highest BCUT2D eigenvalue weighted by Crippen LogP contribution is 2.23. The first-order valence-corrected chi connectivity index (χ1v) is 6.59. The molecule has 2 rings (SSSR count). The molecule has 18 heavy (non-hydrogen) atoms. The van der Waals surface area contributed by atoms with Crippen molar-refractivity contribution in [2.45, 2.75) is 20.3 Å². The Balaban J connectivity index is 2.19. The minimum Gasteiger partial charge on any atom is -0.375 e. The molecule has 1 nitrogen and oxygen atoms in total. The Morgan fingerprint density at radius 3 is 1.83 bits per heavy atom. The Labute approximate surface area is 110 Å². The normalized spacial score (nSPS) is 10.4. The highest BCUT2D eigenvalue weighted by molar-refractivity contribution is 5.66. The first kappa shape index (κ1) is 12.7. The predicted octanol–water partition coefficient (Wildman–Crippen LogP) is 4.51. The summed E-state index contributed by atoms with van der Waals surface area (Å²) in [5.74, 6) is 0. The van der Waals surface area contributed by atoms with E-state index in [-0.39, 0.29) is 0 Å². The zero-order valence-corrected chi connectivity index (χ0v) is 11.5. The molecule has 0 amide bonds. The summed E-state index contributed by atoms with van der Waals surface area (Å²) in [6, 6.07) is 17.5. The lowest BCUT2D eigenvalue weighted by Gasteiger charge is -2.18. The molecule has 0 fully saturated rings. The van der Waals surface area contributed by atoms with Gasteiger partial charge in [-0.3, -0.25) is 0 Å². The van der Waals surface area contributed by atoms with Crippen molar-refractivity contribution in [2.24, 2.45) is 0 Å². The predicted molar refractivity (Wildman–Crippen MR) is 80.2 cm³/mol. The fraction of sp³-hybridized carbons (Fsp3) is 0.294. The SMILES string of the molecule is CCCN(C)c1ccc(-c2ccc(C)cc2)cc1. The quantitative estimate of drug-likeness (QED) is 0.759. The van der Waals surface area contributed by atoms with Gasteiger partial charge in [-0.05, 0) is 36.6 Å². The maximum atomic E-state index is 2.29. The molecule has 0 N–H and O–H groups in total. The molecule has 0 spiro atoms. The number of nitrogens with zero attached hydrogens (tertiary/aromatic N) is 1. The van der Waals surface area contributed by atoms with Crippen molar-refractivity contribution < 1.29 is 0 Å². The molecule has 0 atom stereocenters. The van der Waals surface area contributed by atoms with Gasteiger partial charge < -0.3 is 4.90 Å². The topological polar surface area (TPSA) is 3.24 Å². The zero-order chi connectivity index (χ0) is 13.0. The van der Waals surface area contributed by atoms with E-state index in [1.165, 1.54) is 28.8 Å². The number of anilines is 1. The molecule has 0 saturated heterocycles. The van der Waals surface area contributed by atoms with Crippen LogP contribution in [0.25, 0.3) is 11.1 Å². The Hall–Kier alpha value is -1.76. The van der Waals surface area contributed by atoms with E-state index >= 15 is 0 Å². The smallest absolute Gasteiger partial charge is 0.0364 e. The maximum absolute atomic E-state index is 2.29. The van der Waals surface area contributed by atoms with Crippen molar-refractivity contribution in [3.8, 4) is 11.1 Å². The first-order valence-electron chi connectivity index (χ1n) is 6.59. The molecule has 0 aromatic heterocycles. The molecule has 2 aromatic carbocycles. The molecular formula is C17H21N. The lowest BCUT2D eigenvalue weighted by Crippen LogP contribution is -2.17. The minimum absolute atomic E-state index is 1.10. The number of rotatable bonds is 4. The summed E-state index contributed by atoms with van der Waals surface area (Å²) in [6.07, 6.45) is 1.18. The van der Waals surface area contributed by atoms with Gasteiger partial charge in [-0.1, -0.05) is 48.9 Å². The largest absolute Gasteiger partial charge is 0.375 e. The van der Waals surface area contributed by atoms with Crippen LogP contribution in [0.5, 0.6) is 0 Å². The number of hydrogen-bond acceptors (Lipinski definition) is 1. The van der Waals surface area contributed by atoms with Crippen LogP contribution >= 0.6 is 0 Å².